The third-order valence-corrected chi connectivity index (χ3v) is 6.57. The summed E-state index contributed by atoms with van der Waals surface area (Å²) in [5.74, 6) is 0. The van der Waals surface area contributed by atoms with Crippen LogP contribution in [-0.2, 0) is 27.5 Å². The van der Waals surface area contributed by atoms with Gasteiger partial charge in [0.15, 0.2) is 0 Å². The van der Waals surface area contributed by atoms with Crippen molar-refractivity contribution >= 4 is 41.0 Å². The number of alkyl carbamates (subject to hydrolysis) is 1. The van der Waals surface area contributed by atoms with E-state index in [4.69, 9.17) is 14.2 Å². The van der Waals surface area contributed by atoms with E-state index in [0.29, 0.717) is 19.9 Å². The first-order valence-electron chi connectivity index (χ1n) is 10.6. The molecular formula is C22H36BrN3O4Si. The van der Waals surface area contributed by atoms with Crippen molar-refractivity contribution in [1.82, 2.24) is 15.1 Å². The van der Waals surface area contributed by atoms with E-state index in [1.54, 1.807) is 0 Å². The lowest BCUT2D eigenvalue weighted by Gasteiger charge is -2.22. The summed E-state index contributed by atoms with van der Waals surface area (Å²) in [7, 11) is -1.11. The maximum atomic E-state index is 11.9. The Hall–Kier alpha value is -1.42. The van der Waals surface area contributed by atoms with Gasteiger partial charge in [-0.1, -0.05) is 35.6 Å². The van der Waals surface area contributed by atoms with Crippen LogP contribution < -0.4 is 5.32 Å². The molecular weight excluding hydrogens is 478 g/mol. The van der Waals surface area contributed by atoms with Crippen molar-refractivity contribution in [2.45, 2.75) is 78.4 Å². The zero-order chi connectivity index (χ0) is 23.2. The minimum atomic E-state index is -1.11. The van der Waals surface area contributed by atoms with Gasteiger partial charge in [0, 0.05) is 24.5 Å². The van der Waals surface area contributed by atoms with Crippen LogP contribution in [0, 0.1) is 0 Å². The lowest BCUT2D eigenvalue weighted by molar-refractivity contribution is 0.0443. The third kappa shape index (κ3) is 9.30. The standard InChI is InChI=1S/C22H36BrN3O4Si/c1-16(25-21(27)30-22(2,3)4)13-29-14-17-10-18(23)11-20-19(17)12-24-26(20)15-28-8-9-31(5,6)7/h10-12,16H,8-9,13-15H2,1-7H3,(H,25,27)/t16-/m1/s1. The fourth-order valence-corrected chi connectivity index (χ4v) is 4.11. The average Bonchev–Trinajstić information content (AvgIpc) is 2.99. The van der Waals surface area contributed by atoms with Crippen molar-refractivity contribution in [2.24, 2.45) is 0 Å². The van der Waals surface area contributed by atoms with Crippen molar-refractivity contribution in [3.63, 3.8) is 0 Å². The molecule has 0 aliphatic carbocycles. The van der Waals surface area contributed by atoms with Gasteiger partial charge in [0.25, 0.3) is 0 Å². The zero-order valence-corrected chi connectivity index (χ0v) is 22.3. The van der Waals surface area contributed by atoms with E-state index >= 15 is 0 Å². The molecule has 9 heteroatoms. The number of nitrogens with zero attached hydrogens (tertiary/aromatic N) is 2. The van der Waals surface area contributed by atoms with Crippen LogP contribution in [0.4, 0.5) is 4.79 Å². The number of rotatable bonds is 10. The lowest BCUT2D eigenvalue weighted by Crippen LogP contribution is -2.39. The van der Waals surface area contributed by atoms with Crippen molar-refractivity contribution in [3.8, 4) is 0 Å². The summed E-state index contributed by atoms with van der Waals surface area (Å²) in [5, 5.41) is 8.32. The van der Waals surface area contributed by atoms with Crippen LogP contribution in [0.1, 0.15) is 33.3 Å². The number of amides is 1. The Morgan fingerprint density at radius 2 is 1.97 bits per heavy atom. The van der Waals surface area contributed by atoms with Gasteiger partial charge in [-0.25, -0.2) is 9.48 Å². The second-order valence-corrected chi connectivity index (χ2v) is 16.6. The van der Waals surface area contributed by atoms with Gasteiger partial charge >= 0.3 is 6.09 Å². The van der Waals surface area contributed by atoms with Crippen LogP contribution in [-0.4, -0.2) is 48.8 Å². The van der Waals surface area contributed by atoms with Gasteiger partial charge in [-0.3, -0.25) is 0 Å². The number of ether oxygens (including phenoxy) is 3. The normalized spacial score (nSPS) is 13.4. The third-order valence-electron chi connectivity index (χ3n) is 4.41. The molecule has 1 atom stereocenters. The number of benzene rings is 1. The van der Waals surface area contributed by atoms with E-state index in [0.717, 1.165) is 33.6 Å². The molecule has 0 unspecified atom stereocenters. The first kappa shape index (κ1) is 25.8. The van der Waals surface area contributed by atoms with Crippen LogP contribution in [0.2, 0.25) is 25.7 Å². The largest absolute Gasteiger partial charge is 0.444 e. The Kier molecular flexibility index (Phi) is 9.11. The molecule has 0 saturated carbocycles. The Morgan fingerprint density at radius 1 is 1.26 bits per heavy atom. The number of aromatic nitrogens is 2. The number of nitrogens with one attached hydrogen (secondary N) is 1. The Morgan fingerprint density at radius 3 is 2.61 bits per heavy atom. The van der Waals surface area contributed by atoms with E-state index in [1.807, 2.05) is 50.7 Å². The molecule has 1 N–H and O–H groups in total. The summed E-state index contributed by atoms with van der Waals surface area (Å²) >= 11 is 3.59. The summed E-state index contributed by atoms with van der Waals surface area (Å²) in [4.78, 5) is 11.9. The fourth-order valence-electron chi connectivity index (χ4n) is 2.86. The molecule has 0 bridgehead atoms. The van der Waals surface area contributed by atoms with Crippen LogP contribution in [0.5, 0.6) is 0 Å². The maximum Gasteiger partial charge on any atom is 0.407 e. The molecule has 0 spiro atoms. The SMILES string of the molecule is C[C@H](COCc1cc(Br)cc2c1cnn2COCC[Si](C)(C)C)NC(=O)OC(C)(C)C. The van der Waals surface area contributed by atoms with Crippen LogP contribution in [0.3, 0.4) is 0 Å². The highest BCUT2D eigenvalue weighted by Crippen LogP contribution is 2.25. The molecule has 174 valence electrons. The number of halogens is 1. The molecule has 1 aromatic heterocycles. The molecule has 0 fully saturated rings. The second-order valence-electron chi connectivity index (χ2n) is 10.1. The smallest absolute Gasteiger partial charge is 0.407 e. The minimum absolute atomic E-state index is 0.167. The predicted molar refractivity (Wildman–Crippen MR) is 130 cm³/mol. The van der Waals surface area contributed by atoms with Crippen LogP contribution >= 0.6 is 15.9 Å². The molecule has 7 nitrogen and oxygen atoms in total. The first-order valence-corrected chi connectivity index (χ1v) is 15.1. The summed E-state index contributed by atoms with van der Waals surface area (Å²) in [6, 6.07) is 5.04. The molecule has 1 aromatic carbocycles. The van der Waals surface area contributed by atoms with Gasteiger partial charge in [0.1, 0.15) is 12.3 Å². The van der Waals surface area contributed by atoms with Gasteiger partial charge in [-0.05, 0) is 51.4 Å². The molecule has 2 aromatic rings. The first-order chi connectivity index (χ1) is 14.3. The molecule has 2 rings (SSSR count). The quantitative estimate of drug-likeness (QED) is 0.333. The molecule has 31 heavy (non-hydrogen) atoms. The average molecular weight is 515 g/mol. The minimum Gasteiger partial charge on any atom is -0.444 e. The molecule has 0 aliphatic rings. The van der Waals surface area contributed by atoms with E-state index in [1.165, 1.54) is 0 Å². The zero-order valence-electron chi connectivity index (χ0n) is 19.8. The number of hydrogen-bond acceptors (Lipinski definition) is 5. The fraction of sp³-hybridized carbons (Fsp3) is 0.636. The van der Waals surface area contributed by atoms with E-state index in [9.17, 15) is 4.79 Å². The van der Waals surface area contributed by atoms with E-state index in [-0.39, 0.29) is 6.04 Å². The number of carbonyl (C=O) groups excluding carboxylic acids is 1. The van der Waals surface area contributed by atoms with Crippen molar-refractivity contribution < 1.29 is 19.0 Å². The Bertz CT molecular complexity index is 874. The highest BCUT2D eigenvalue weighted by atomic mass is 79.9. The van der Waals surface area contributed by atoms with Gasteiger partial charge in [-0.2, -0.15) is 5.10 Å². The van der Waals surface area contributed by atoms with Gasteiger partial charge in [0.05, 0.1) is 31.0 Å². The predicted octanol–water partition coefficient (Wildman–Crippen LogP) is 5.54. The summed E-state index contributed by atoms with van der Waals surface area (Å²) in [6.45, 7) is 16.4. The Balaban J connectivity index is 1.92. The highest BCUT2D eigenvalue weighted by molar-refractivity contribution is 9.10. The Labute approximate surface area is 194 Å². The number of carbonyl (C=O) groups is 1. The van der Waals surface area contributed by atoms with Crippen LogP contribution in [0.25, 0.3) is 10.9 Å². The highest BCUT2D eigenvalue weighted by Gasteiger charge is 2.18. The van der Waals surface area contributed by atoms with Gasteiger partial charge < -0.3 is 19.5 Å². The topological polar surface area (TPSA) is 74.6 Å². The summed E-state index contributed by atoms with van der Waals surface area (Å²) in [5.41, 5.74) is 1.51. The number of hydrogen-bond donors (Lipinski definition) is 1. The molecule has 1 heterocycles. The maximum absolute atomic E-state index is 11.9. The monoisotopic (exact) mass is 513 g/mol. The lowest BCUT2D eigenvalue weighted by atomic mass is 10.1. The number of fused-ring (bicyclic) bond motifs is 1. The molecule has 1 amide bonds. The molecule has 0 radical (unpaired) electrons. The summed E-state index contributed by atoms with van der Waals surface area (Å²) in [6.07, 6.45) is 1.41. The second kappa shape index (κ2) is 10.9. The van der Waals surface area contributed by atoms with Crippen molar-refractivity contribution in [1.29, 1.82) is 0 Å². The molecule has 0 saturated heterocycles. The van der Waals surface area contributed by atoms with Crippen molar-refractivity contribution in [2.75, 3.05) is 13.2 Å². The van der Waals surface area contributed by atoms with Gasteiger partial charge in [0.2, 0.25) is 0 Å². The van der Waals surface area contributed by atoms with E-state index in [2.05, 4.69) is 46.0 Å². The molecule has 0 aliphatic heterocycles. The van der Waals surface area contributed by atoms with Crippen molar-refractivity contribution in [3.05, 3.63) is 28.4 Å². The summed E-state index contributed by atoms with van der Waals surface area (Å²) < 4.78 is 19.8. The van der Waals surface area contributed by atoms with E-state index < -0.39 is 19.8 Å². The van der Waals surface area contributed by atoms with Gasteiger partial charge in [-0.15, -0.1) is 0 Å². The van der Waals surface area contributed by atoms with Crippen LogP contribution in [0.15, 0.2) is 22.8 Å².